The second kappa shape index (κ2) is 8.52. The molecular weight excluding hydrogens is 362 g/mol. The van der Waals surface area contributed by atoms with E-state index >= 15 is 0 Å². The number of carbonyl (C=O) groups is 1. The molecule has 29 heavy (non-hydrogen) atoms. The summed E-state index contributed by atoms with van der Waals surface area (Å²) in [5.74, 6) is 1.60. The number of ether oxygens (including phenoxy) is 1. The van der Waals surface area contributed by atoms with E-state index in [0.29, 0.717) is 17.4 Å². The monoisotopic (exact) mass is 389 g/mol. The normalized spacial score (nSPS) is 19.0. The van der Waals surface area contributed by atoms with Crippen molar-refractivity contribution in [1.29, 1.82) is 0 Å². The number of aryl methyl sites for hydroxylation is 1. The second-order valence-electron chi connectivity index (χ2n) is 7.74. The fourth-order valence-electron chi connectivity index (χ4n) is 4.05. The zero-order valence-electron chi connectivity index (χ0n) is 16.9. The summed E-state index contributed by atoms with van der Waals surface area (Å²) >= 11 is 0. The minimum absolute atomic E-state index is 0.0351. The van der Waals surface area contributed by atoms with Gasteiger partial charge in [0.15, 0.2) is 0 Å². The van der Waals surface area contributed by atoms with Gasteiger partial charge in [-0.15, -0.1) is 0 Å². The van der Waals surface area contributed by atoms with E-state index in [-0.39, 0.29) is 11.9 Å². The van der Waals surface area contributed by atoms with E-state index in [1.807, 2.05) is 30.3 Å². The first-order valence-corrected chi connectivity index (χ1v) is 10.2. The molecule has 1 saturated carbocycles. The smallest absolute Gasteiger partial charge is 0.251 e. The van der Waals surface area contributed by atoms with Crippen molar-refractivity contribution in [2.45, 2.75) is 44.7 Å². The van der Waals surface area contributed by atoms with Gasteiger partial charge in [-0.2, -0.15) is 0 Å². The Kier molecular flexibility index (Phi) is 5.65. The molecule has 3 aromatic rings. The number of aromatic nitrogens is 1. The summed E-state index contributed by atoms with van der Waals surface area (Å²) in [4.78, 5) is 17.3. The van der Waals surface area contributed by atoms with E-state index in [2.05, 4.69) is 35.8 Å². The minimum Gasteiger partial charge on any atom is -0.497 e. The molecule has 1 fully saturated rings. The molecule has 1 heterocycles. The molecule has 150 valence electrons. The molecule has 2 aromatic carbocycles. The average Bonchev–Trinajstić information content (AvgIpc) is 2.75. The summed E-state index contributed by atoms with van der Waals surface area (Å²) in [5, 5.41) is 7.96. The van der Waals surface area contributed by atoms with Crippen molar-refractivity contribution in [2.75, 3.05) is 12.4 Å². The van der Waals surface area contributed by atoms with Crippen LogP contribution in [0.2, 0.25) is 0 Å². The van der Waals surface area contributed by atoms with Crippen LogP contribution in [0.15, 0.2) is 54.6 Å². The van der Waals surface area contributed by atoms with Crippen LogP contribution in [0.5, 0.6) is 5.75 Å². The van der Waals surface area contributed by atoms with Crippen molar-refractivity contribution in [1.82, 2.24) is 10.3 Å². The summed E-state index contributed by atoms with van der Waals surface area (Å²) in [7, 11) is 1.61. The lowest BCUT2D eigenvalue weighted by molar-refractivity contribution is 0.0926. The Morgan fingerprint density at radius 1 is 1.00 bits per heavy atom. The van der Waals surface area contributed by atoms with Crippen molar-refractivity contribution < 1.29 is 9.53 Å². The summed E-state index contributed by atoms with van der Waals surface area (Å²) < 4.78 is 5.21. The summed E-state index contributed by atoms with van der Waals surface area (Å²) in [6.45, 7) is 2.13. The molecular formula is C24H27N3O2. The molecule has 0 radical (unpaired) electrons. The molecule has 1 aromatic heterocycles. The molecule has 5 heteroatoms. The van der Waals surface area contributed by atoms with E-state index < -0.39 is 0 Å². The van der Waals surface area contributed by atoms with Crippen molar-refractivity contribution in [3.63, 3.8) is 0 Å². The van der Waals surface area contributed by atoms with Crippen molar-refractivity contribution in [3.8, 4) is 5.75 Å². The zero-order chi connectivity index (χ0) is 20.2. The van der Waals surface area contributed by atoms with E-state index in [4.69, 9.17) is 9.72 Å². The second-order valence-corrected chi connectivity index (χ2v) is 7.74. The highest BCUT2D eigenvalue weighted by Gasteiger charge is 2.23. The van der Waals surface area contributed by atoms with Gasteiger partial charge in [-0.05, 0) is 68.5 Å². The van der Waals surface area contributed by atoms with Crippen molar-refractivity contribution >= 4 is 22.6 Å². The lowest BCUT2D eigenvalue weighted by atomic mass is 9.91. The maximum atomic E-state index is 12.5. The molecule has 0 saturated heterocycles. The first-order valence-electron chi connectivity index (χ1n) is 10.2. The van der Waals surface area contributed by atoms with Crippen LogP contribution in [-0.4, -0.2) is 30.1 Å². The third-order valence-corrected chi connectivity index (χ3v) is 5.67. The molecule has 0 spiro atoms. The van der Waals surface area contributed by atoms with Gasteiger partial charge in [0.25, 0.3) is 5.91 Å². The van der Waals surface area contributed by atoms with Crippen LogP contribution in [-0.2, 0) is 0 Å². The van der Waals surface area contributed by atoms with Crippen molar-refractivity contribution in [2.24, 2.45) is 0 Å². The number of para-hydroxylation sites is 1. The Hall–Kier alpha value is -3.08. The Bertz CT molecular complexity index is 1010. The van der Waals surface area contributed by atoms with Gasteiger partial charge in [0, 0.05) is 23.0 Å². The number of carbonyl (C=O) groups excluding carboxylic acids is 1. The number of amides is 1. The third kappa shape index (κ3) is 4.50. The molecule has 1 amide bonds. The van der Waals surface area contributed by atoms with E-state index in [9.17, 15) is 4.79 Å². The number of nitrogens with zero attached hydrogens (tertiary/aromatic N) is 1. The molecule has 0 unspecified atom stereocenters. The van der Waals surface area contributed by atoms with E-state index in [1.165, 1.54) is 10.9 Å². The zero-order valence-corrected chi connectivity index (χ0v) is 16.9. The van der Waals surface area contributed by atoms with Gasteiger partial charge in [-0.3, -0.25) is 4.79 Å². The largest absolute Gasteiger partial charge is 0.497 e. The number of benzene rings is 2. The number of hydrogen-bond acceptors (Lipinski definition) is 4. The van der Waals surface area contributed by atoms with Crippen LogP contribution in [0.4, 0.5) is 5.82 Å². The van der Waals surface area contributed by atoms with Crippen LogP contribution in [0, 0.1) is 6.92 Å². The molecule has 4 rings (SSSR count). The fraction of sp³-hybridized carbons (Fsp3) is 0.333. The first kappa shape index (κ1) is 19.2. The van der Waals surface area contributed by atoms with Gasteiger partial charge in [-0.25, -0.2) is 4.98 Å². The quantitative estimate of drug-likeness (QED) is 0.664. The Morgan fingerprint density at radius 2 is 1.76 bits per heavy atom. The van der Waals surface area contributed by atoms with Crippen molar-refractivity contribution in [3.05, 3.63) is 65.7 Å². The Morgan fingerprint density at radius 3 is 2.55 bits per heavy atom. The SMILES string of the molecule is COc1cccc(C(=O)NC2CCC(Nc3cc(C)c4ccccc4n3)CC2)c1. The first-order chi connectivity index (χ1) is 14.1. The van der Waals surface area contributed by atoms with Crippen LogP contribution in [0.25, 0.3) is 10.9 Å². The predicted molar refractivity (Wildman–Crippen MR) is 117 cm³/mol. The number of fused-ring (bicyclic) bond motifs is 1. The third-order valence-electron chi connectivity index (χ3n) is 5.67. The molecule has 2 N–H and O–H groups in total. The highest BCUT2D eigenvalue weighted by molar-refractivity contribution is 5.94. The highest BCUT2D eigenvalue weighted by atomic mass is 16.5. The highest BCUT2D eigenvalue weighted by Crippen LogP contribution is 2.25. The molecule has 0 aliphatic heterocycles. The fourth-order valence-corrected chi connectivity index (χ4v) is 4.05. The number of hydrogen-bond donors (Lipinski definition) is 2. The van der Waals surface area contributed by atoms with Crippen LogP contribution >= 0.6 is 0 Å². The van der Waals surface area contributed by atoms with Gasteiger partial charge in [0.05, 0.1) is 12.6 Å². The van der Waals surface area contributed by atoms with E-state index in [0.717, 1.165) is 37.0 Å². The summed E-state index contributed by atoms with van der Waals surface area (Å²) in [6, 6.07) is 18.2. The van der Waals surface area contributed by atoms with Crippen LogP contribution in [0.3, 0.4) is 0 Å². The Balaban J connectivity index is 1.33. The number of nitrogens with one attached hydrogen (secondary N) is 2. The summed E-state index contributed by atoms with van der Waals surface area (Å²) in [5.41, 5.74) is 2.90. The van der Waals surface area contributed by atoms with Gasteiger partial charge in [0.2, 0.25) is 0 Å². The number of methoxy groups -OCH3 is 1. The summed E-state index contributed by atoms with van der Waals surface area (Å²) in [6.07, 6.45) is 3.94. The number of anilines is 1. The lowest BCUT2D eigenvalue weighted by Gasteiger charge is -2.30. The molecule has 1 aliphatic carbocycles. The van der Waals surface area contributed by atoms with Crippen LogP contribution < -0.4 is 15.4 Å². The van der Waals surface area contributed by atoms with Gasteiger partial charge < -0.3 is 15.4 Å². The maximum Gasteiger partial charge on any atom is 0.251 e. The number of pyridine rings is 1. The molecule has 0 atom stereocenters. The van der Waals surface area contributed by atoms with Gasteiger partial charge >= 0.3 is 0 Å². The standard InChI is InChI=1S/C24H27N3O2/c1-16-14-23(27-22-9-4-3-8-21(16)22)25-18-10-12-19(13-11-18)26-24(28)17-6-5-7-20(15-17)29-2/h3-9,14-15,18-19H,10-13H2,1-2H3,(H,25,27)(H,26,28). The minimum atomic E-state index is -0.0351. The maximum absolute atomic E-state index is 12.5. The lowest BCUT2D eigenvalue weighted by Crippen LogP contribution is -2.40. The molecule has 5 nitrogen and oxygen atoms in total. The predicted octanol–water partition coefficient (Wildman–Crippen LogP) is 4.70. The molecule has 1 aliphatic rings. The van der Waals surface area contributed by atoms with Gasteiger partial charge in [-0.1, -0.05) is 24.3 Å². The van der Waals surface area contributed by atoms with Crippen LogP contribution in [0.1, 0.15) is 41.6 Å². The molecule has 0 bridgehead atoms. The Labute approximate surface area is 171 Å². The number of rotatable bonds is 5. The topological polar surface area (TPSA) is 63.2 Å². The van der Waals surface area contributed by atoms with E-state index in [1.54, 1.807) is 13.2 Å². The van der Waals surface area contributed by atoms with Gasteiger partial charge in [0.1, 0.15) is 11.6 Å². The average molecular weight is 389 g/mol.